The minimum atomic E-state index is -3.17. The summed E-state index contributed by atoms with van der Waals surface area (Å²) in [5.41, 5.74) is 0.830. The fourth-order valence-electron chi connectivity index (χ4n) is 2.50. The van der Waals surface area contributed by atoms with Gasteiger partial charge < -0.3 is 10.4 Å². The molecule has 1 aliphatic heterocycles. The maximum absolute atomic E-state index is 11.7. The first-order chi connectivity index (χ1) is 9.90. The minimum absolute atomic E-state index is 0.0167. The van der Waals surface area contributed by atoms with Crippen molar-refractivity contribution >= 4 is 15.8 Å². The molecule has 2 rings (SSSR count). The SMILES string of the molecule is Cc1cc(NCCO)nc(C2CCCN(S(C)(=O)=O)C2)n1. The molecule has 1 saturated heterocycles. The van der Waals surface area contributed by atoms with Crippen LogP contribution >= 0.6 is 0 Å². The number of anilines is 1. The zero-order chi connectivity index (χ0) is 15.5. The average molecular weight is 314 g/mol. The van der Waals surface area contributed by atoms with Gasteiger partial charge in [0, 0.05) is 37.3 Å². The topological polar surface area (TPSA) is 95.4 Å². The van der Waals surface area contributed by atoms with Crippen LogP contribution < -0.4 is 5.32 Å². The lowest BCUT2D eigenvalue weighted by Gasteiger charge is -2.30. The second kappa shape index (κ2) is 6.67. The molecule has 2 heterocycles. The molecule has 0 bridgehead atoms. The average Bonchev–Trinajstić information content (AvgIpc) is 2.44. The molecule has 2 N–H and O–H groups in total. The van der Waals surface area contributed by atoms with Crippen LogP contribution in [0.15, 0.2) is 6.07 Å². The van der Waals surface area contributed by atoms with E-state index in [2.05, 4.69) is 15.3 Å². The molecule has 0 amide bonds. The second-order valence-corrected chi connectivity index (χ2v) is 7.35. The number of hydrogen-bond donors (Lipinski definition) is 2. The maximum atomic E-state index is 11.7. The fourth-order valence-corrected chi connectivity index (χ4v) is 3.41. The van der Waals surface area contributed by atoms with E-state index in [4.69, 9.17) is 5.11 Å². The summed E-state index contributed by atoms with van der Waals surface area (Å²) in [5, 5.41) is 11.9. The number of nitrogens with one attached hydrogen (secondary N) is 1. The van der Waals surface area contributed by atoms with Crippen LogP contribution in [0.3, 0.4) is 0 Å². The highest BCUT2D eigenvalue weighted by molar-refractivity contribution is 7.88. The van der Waals surface area contributed by atoms with Crippen molar-refractivity contribution in [1.82, 2.24) is 14.3 Å². The number of nitrogens with zero attached hydrogens (tertiary/aromatic N) is 3. The third kappa shape index (κ3) is 4.36. The summed E-state index contributed by atoms with van der Waals surface area (Å²) < 4.78 is 24.9. The van der Waals surface area contributed by atoms with Crippen LogP contribution in [0.2, 0.25) is 0 Å². The van der Waals surface area contributed by atoms with Crippen LogP contribution in [0, 0.1) is 6.92 Å². The van der Waals surface area contributed by atoms with Crippen LogP contribution in [0.25, 0.3) is 0 Å². The quantitative estimate of drug-likeness (QED) is 0.813. The van der Waals surface area contributed by atoms with Crippen molar-refractivity contribution in [3.05, 3.63) is 17.6 Å². The summed E-state index contributed by atoms with van der Waals surface area (Å²) in [6.45, 7) is 3.34. The van der Waals surface area contributed by atoms with Gasteiger partial charge in [0.15, 0.2) is 0 Å². The predicted molar refractivity (Wildman–Crippen MR) is 80.7 cm³/mol. The van der Waals surface area contributed by atoms with E-state index in [0.29, 0.717) is 31.3 Å². The monoisotopic (exact) mass is 314 g/mol. The highest BCUT2D eigenvalue weighted by atomic mass is 32.2. The summed E-state index contributed by atoms with van der Waals surface area (Å²) in [6.07, 6.45) is 2.93. The van der Waals surface area contributed by atoms with Gasteiger partial charge in [-0.3, -0.25) is 0 Å². The standard InChI is InChI=1S/C13H22N4O3S/c1-10-8-12(14-5-7-18)16-13(15-10)11-4-3-6-17(9-11)21(2,19)20/h8,11,18H,3-7,9H2,1-2H3,(H,14,15,16). The molecular formula is C13H22N4O3S. The van der Waals surface area contributed by atoms with Gasteiger partial charge in [0.25, 0.3) is 0 Å². The number of aliphatic hydroxyl groups excluding tert-OH is 1. The second-order valence-electron chi connectivity index (χ2n) is 5.36. The molecule has 1 aromatic heterocycles. The van der Waals surface area contributed by atoms with Crippen molar-refractivity contribution < 1.29 is 13.5 Å². The van der Waals surface area contributed by atoms with E-state index >= 15 is 0 Å². The van der Waals surface area contributed by atoms with Crippen molar-refractivity contribution in [2.75, 3.05) is 37.8 Å². The zero-order valence-electron chi connectivity index (χ0n) is 12.4. The zero-order valence-corrected chi connectivity index (χ0v) is 13.2. The molecule has 21 heavy (non-hydrogen) atoms. The Labute approximate surface area is 125 Å². The molecule has 1 atom stereocenters. The summed E-state index contributed by atoms with van der Waals surface area (Å²) >= 11 is 0. The number of rotatable bonds is 5. The Balaban J connectivity index is 2.18. The van der Waals surface area contributed by atoms with Gasteiger partial charge in [-0.05, 0) is 19.8 Å². The van der Waals surface area contributed by atoms with E-state index in [1.165, 1.54) is 10.6 Å². The number of sulfonamides is 1. The number of aryl methyl sites for hydroxylation is 1. The largest absolute Gasteiger partial charge is 0.395 e. The third-order valence-electron chi connectivity index (χ3n) is 3.51. The smallest absolute Gasteiger partial charge is 0.211 e. The molecule has 8 heteroatoms. The van der Waals surface area contributed by atoms with Crippen molar-refractivity contribution in [2.45, 2.75) is 25.7 Å². The molecule has 7 nitrogen and oxygen atoms in total. The van der Waals surface area contributed by atoms with Crippen molar-refractivity contribution in [3.63, 3.8) is 0 Å². The maximum Gasteiger partial charge on any atom is 0.211 e. The first-order valence-electron chi connectivity index (χ1n) is 7.05. The Kier molecular flexibility index (Phi) is 5.13. The van der Waals surface area contributed by atoms with Gasteiger partial charge in [-0.15, -0.1) is 0 Å². The van der Waals surface area contributed by atoms with Gasteiger partial charge in [-0.25, -0.2) is 22.7 Å². The summed E-state index contributed by atoms with van der Waals surface area (Å²) in [4.78, 5) is 8.90. The Morgan fingerprint density at radius 3 is 2.90 bits per heavy atom. The molecule has 1 aromatic rings. The first kappa shape index (κ1) is 16.1. The van der Waals surface area contributed by atoms with E-state index in [-0.39, 0.29) is 12.5 Å². The normalized spacial score (nSPS) is 20.4. The predicted octanol–water partition coefficient (Wildman–Crippen LogP) is 0.328. The van der Waals surface area contributed by atoms with Gasteiger partial charge in [-0.2, -0.15) is 0 Å². The number of aromatic nitrogens is 2. The van der Waals surface area contributed by atoms with Crippen LogP contribution in [-0.2, 0) is 10.0 Å². The number of aliphatic hydroxyl groups is 1. The highest BCUT2D eigenvalue weighted by Crippen LogP contribution is 2.26. The van der Waals surface area contributed by atoms with Crippen LogP contribution in [0.1, 0.15) is 30.3 Å². The minimum Gasteiger partial charge on any atom is -0.395 e. The lowest BCUT2D eigenvalue weighted by molar-refractivity contribution is 0.309. The van der Waals surface area contributed by atoms with Crippen molar-refractivity contribution in [2.24, 2.45) is 0 Å². The molecule has 1 fully saturated rings. The molecule has 0 aliphatic carbocycles. The summed E-state index contributed by atoms with van der Waals surface area (Å²) in [7, 11) is -3.17. The molecule has 0 radical (unpaired) electrons. The molecule has 1 aliphatic rings. The first-order valence-corrected chi connectivity index (χ1v) is 8.90. The highest BCUT2D eigenvalue weighted by Gasteiger charge is 2.28. The lowest BCUT2D eigenvalue weighted by atomic mass is 9.99. The van der Waals surface area contributed by atoms with Crippen molar-refractivity contribution in [1.29, 1.82) is 0 Å². The Hall–Kier alpha value is -1.25. The Morgan fingerprint density at radius 1 is 1.48 bits per heavy atom. The lowest BCUT2D eigenvalue weighted by Crippen LogP contribution is -2.38. The number of hydrogen-bond acceptors (Lipinski definition) is 6. The molecule has 0 spiro atoms. The summed E-state index contributed by atoms with van der Waals surface area (Å²) in [5.74, 6) is 1.36. The molecule has 0 aromatic carbocycles. The van der Waals surface area contributed by atoms with Crippen LogP contribution in [0.5, 0.6) is 0 Å². The van der Waals surface area contributed by atoms with Gasteiger partial charge in [-0.1, -0.05) is 0 Å². The fraction of sp³-hybridized carbons (Fsp3) is 0.692. The van der Waals surface area contributed by atoms with Gasteiger partial charge in [0.1, 0.15) is 11.6 Å². The van der Waals surface area contributed by atoms with E-state index in [9.17, 15) is 8.42 Å². The summed E-state index contributed by atoms with van der Waals surface area (Å²) in [6, 6.07) is 1.82. The van der Waals surface area contributed by atoms with E-state index in [1.807, 2.05) is 13.0 Å². The molecule has 1 unspecified atom stereocenters. The van der Waals surface area contributed by atoms with Gasteiger partial charge >= 0.3 is 0 Å². The van der Waals surface area contributed by atoms with Crippen LogP contribution in [-0.4, -0.2) is 60.3 Å². The Bertz CT molecular complexity index is 591. The van der Waals surface area contributed by atoms with E-state index in [1.54, 1.807) is 0 Å². The van der Waals surface area contributed by atoms with Crippen LogP contribution in [0.4, 0.5) is 5.82 Å². The number of piperidine rings is 1. The molecule has 0 saturated carbocycles. The molecule has 118 valence electrons. The molecular weight excluding hydrogens is 292 g/mol. The van der Waals surface area contributed by atoms with Gasteiger partial charge in [0.05, 0.1) is 12.9 Å². The third-order valence-corrected chi connectivity index (χ3v) is 4.78. The van der Waals surface area contributed by atoms with Crippen molar-refractivity contribution in [3.8, 4) is 0 Å². The Morgan fingerprint density at radius 2 is 2.24 bits per heavy atom. The van der Waals surface area contributed by atoms with Gasteiger partial charge in [0.2, 0.25) is 10.0 Å². The van der Waals surface area contributed by atoms with E-state index in [0.717, 1.165) is 18.5 Å². The van der Waals surface area contributed by atoms with E-state index < -0.39 is 10.0 Å².